The topological polar surface area (TPSA) is 70.6 Å². The summed E-state index contributed by atoms with van der Waals surface area (Å²) in [5.74, 6) is -2.81. The summed E-state index contributed by atoms with van der Waals surface area (Å²) < 4.78 is 38.0. The number of hydrogen-bond acceptors (Lipinski definition) is 3. The van der Waals surface area contributed by atoms with Gasteiger partial charge < -0.3 is 16.3 Å². The van der Waals surface area contributed by atoms with Crippen molar-refractivity contribution in [2.24, 2.45) is 16.8 Å². The average molecular weight is 289 g/mol. The van der Waals surface area contributed by atoms with E-state index in [0.717, 1.165) is 11.1 Å². The first-order valence-corrected chi connectivity index (χ1v) is 6.15. The van der Waals surface area contributed by atoms with Crippen LogP contribution in [-0.2, 0) is 6.42 Å². The second-order valence-corrected chi connectivity index (χ2v) is 4.50. The summed E-state index contributed by atoms with van der Waals surface area (Å²) in [4.78, 5) is 0. The molecule has 7 heteroatoms. The molecule has 0 spiro atoms. The Morgan fingerprint density at radius 1 is 1.40 bits per heavy atom. The van der Waals surface area contributed by atoms with E-state index >= 15 is 0 Å². The highest BCUT2D eigenvalue weighted by molar-refractivity contribution is 5.83. The molecule has 1 aromatic carbocycles. The van der Waals surface area contributed by atoms with Gasteiger partial charge in [0.1, 0.15) is 5.92 Å². The van der Waals surface area contributed by atoms with Crippen LogP contribution in [0.5, 0.6) is 0 Å². The molecule has 0 aliphatic carbocycles. The number of oxime groups is 1. The molecule has 112 valence electrons. The van der Waals surface area contributed by atoms with Crippen LogP contribution in [0.1, 0.15) is 11.1 Å². The Labute approximate surface area is 115 Å². The summed E-state index contributed by atoms with van der Waals surface area (Å²) in [7, 11) is 0. The minimum atomic E-state index is -4.54. The van der Waals surface area contributed by atoms with E-state index in [1.54, 1.807) is 0 Å². The predicted octanol–water partition coefficient (Wildman–Crippen LogP) is 2.05. The van der Waals surface area contributed by atoms with Crippen molar-refractivity contribution in [3.63, 3.8) is 0 Å². The second kappa shape index (κ2) is 7.14. The van der Waals surface area contributed by atoms with Crippen molar-refractivity contribution in [3.05, 3.63) is 35.4 Å². The maximum atomic E-state index is 12.7. The number of aryl methyl sites for hydroxylation is 1. The van der Waals surface area contributed by atoms with E-state index < -0.39 is 24.5 Å². The number of amidine groups is 1. The highest BCUT2D eigenvalue weighted by Gasteiger charge is 2.42. The van der Waals surface area contributed by atoms with Crippen molar-refractivity contribution in [3.8, 4) is 0 Å². The van der Waals surface area contributed by atoms with Gasteiger partial charge >= 0.3 is 6.18 Å². The lowest BCUT2D eigenvalue weighted by molar-refractivity contribution is -0.154. The largest absolute Gasteiger partial charge is 0.409 e. The van der Waals surface area contributed by atoms with E-state index in [0.29, 0.717) is 13.0 Å². The molecule has 0 aromatic heterocycles. The molecular formula is C13H18F3N3O. The van der Waals surface area contributed by atoms with Crippen LogP contribution >= 0.6 is 0 Å². The zero-order valence-corrected chi connectivity index (χ0v) is 11.1. The van der Waals surface area contributed by atoms with Crippen LogP contribution in [0.15, 0.2) is 29.4 Å². The van der Waals surface area contributed by atoms with Crippen molar-refractivity contribution >= 4 is 5.84 Å². The first-order chi connectivity index (χ1) is 9.36. The number of hydrogen-bond donors (Lipinski definition) is 3. The normalized spacial score (nSPS) is 14.3. The number of nitrogens with zero attached hydrogens (tertiary/aromatic N) is 1. The molecule has 0 saturated carbocycles. The van der Waals surface area contributed by atoms with Gasteiger partial charge in [0.15, 0.2) is 5.84 Å². The summed E-state index contributed by atoms with van der Waals surface area (Å²) >= 11 is 0. The summed E-state index contributed by atoms with van der Waals surface area (Å²) in [5.41, 5.74) is 7.23. The van der Waals surface area contributed by atoms with Crippen molar-refractivity contribution < 1.29 is 18.4 Å². The average Bonchev–Trinajstić information content (AvgIpc) is 2.38. The first kappa shape index (κ1) is 16.3. The van der Waals surface area contributed by atoms with Gasteiger partial charge in [-0.25, -0.2) is 0 Å². The zero-order chi connectivity index (χ0) is 15.2. The monoisotopic (exact) mass is 289 g/mol. The highest BCUT2D eigenvalue weighted by Crippen LogP contribution is 2.25. The molecule has 0 heterocycles. The molecule has 1 atom stereocenters. The molecule has 0 aliphatic heterocycles. The number of halogens is 3. The number of benzene rings is 1. The van der Waals surface area contributed by atoms with E-state index in [2.05, 4.69) is 10.5 Å². The molecule has 0 fully saturated rings. The van der Waals surface area contributed by atoms with Gasteiger partial charge in [0.25, 0.3) is 0 Å². The number of nitrogens with one attached hydrogen (secondary N) is 1. The molecule has 4 nitrogen and oxygen atoms in total. The minimum Gasteiger partial charge on any atom is -0.409 e. The maximum Gasteiger partial charge on any atom is 0.400 e. The lowest BCUT2D eigenvalue weighted by Crippen LogP contribution is -2.43. The molecule has 0 bridgehead atoms. The van der Waals surface area contributed by atoms with Crippen LogP contribution in [0.4, 0.5) is 13.2 Å². The Morgan fingerprint density at radius 3 is 2.60 bits per heavy atom. The molecule has 0 saturated heterocycles. The zero-order valence-electron chi connectivity index (χ0n) is 11.1. The Morgan fingerprint density at radius 2 is 2.05 bits per heavy atom. The first-order valence-electron chi connectivity index (χ1n) is 6.15. The van der Waals surface area contributed by atoms with Crippen LogP contribution in [-0.4, -0.2) is 30.3 Å². The standard InChI is InChI=1S/C13H18F3N3O/c1-9-4-2-3-5-10(9)6-7-18-8-11(12(17)19-20)13(14,15)16/h2-5,11,18,20H,6-8H2,1H3,(H2,17,19). The molecule has 1 aromatic rings. The molecule has 1 rings (SSSR count). The van der Waals surface area contributed by atoms with Crippen LogP contribution in [0.3, 0.4) is 0 Å². The maximum absolute atomic E-state index is 12.7. The van der Waals surface area contributed by atoms with Crippen LogP contribution < -0.4 is 11.1 Å². The smallest absolute Gasteiger partial charge is 0.400 e. The third-order valence-corrected chi connectivity index (χ3v) is 3.05. The van der Waals surface area contributed by atoms with Gasteiger partial charge in [-0.05, 0) is 31.0 Å². The highest BCUT2D eigenvalue weighted by atomic mass is 19.4. The number of rotatable bonds is 6. The SMILES string of the molecule is Cc1ccccc1CCNCC(/C(N)=N/O)C(F)(F)F. The van der Waals surface area contributed by atoms with Crippen molar-refractivity contribution in [2.45, 2.75) is 19.5 Å². The Bertz CT molecular complexity index is 460. The van der Waals surface area contributed by atoms with Crippen molar-refractivity contribution in [2.75, 3.05) is 13.1 Å². The van der Waals surface area contributed by atoms with Gasteiger partial charge in [-0.2, -0.15) is 13.2 Å². The summed E-state index contributed by atoms with van der Waals surface area (Å²) in [6.07, 6.45) is -3.92. The Hall–Kier alpha value is -1.76. The van der Waals surface area contributed by atoms with Crippen LogP contribution in [0.25, 0.3) is 0 Å². The van der Waals surface area contributed by atoms with Gasteiger partial charge in [-0.3, -0.25) is 0 Å². The molecule has 0 radical (unpaired) electrons. The minimum absolute atomic E-state index is 0.385. The van der Waals surface area contributed by atoms with E-state index in [1.165, 1.54) is 0 Å². The Balaban J connectivity index is 2.48. The second-order valence-electron chi connectivity index (χ2n) is 4.50. The van der Waals surface area contributed by atoms with Gasteiger partial charge in [-0.15, -0.1) is 0 Å². The van der Waals surface area contributed by atoms with Crippen LogP contribution in [0.2, 0.25) is 0 Å². The predicted molar refractivity (Wildman–Crippen MR) is 70.7 cm³/mol. The fourth-order valence-corrected chi connectivity index (χ4v) is 1.82. The third kappa shape index (κ3) is 4.73. The number of nitrogens with two attached hydrogens (primary N) is 1. The van der Waals surface area contributed by atoms with E-state index in [1.807, 2.05) is 31.2 Å². The van der Waals surface area contributed by atoms with Crippen molar-refractivity contribution in [1.29, 1.82) is 0 Å². The summed E-state index contributed by atoms with van der Waals surface area (Å²) in [6.45, 7) is 1.92. The van der Waals surface area contributed by atoms with E-state index in [4.69, 9.17) is 10.9 Å². The van der Waals surface area contributed by atoms with Crippen LogP contribution in [0, 0.1) is 12.8 Å². The fraction of sp³-hybridized carbons (Fsp3) is 0.462. The van der Waals surface area contributed by atoms with Gasteiger partial charge in [-0.1, -0.05) is 29.4 Å². The lowest BCUT2D eigenvalue weighted by Gasteiger charge is -2.19. The molecule has 1 unspecified atom stereocenters. The molecule has 0 aliphatic rings. The van der Waals surface area contributed by atoms with Gasteiger partial charge in [0.2, 0.25) is 0 Å². The van der Waals surface area contributed by atoms with Crippen molar-refractivity contribution in [1.82, 2.24) is 5.32 Å². The quantitative estimate of drug-likeness (QED) is 0.247. The van der Waals surface area contributed by atoms with E-state index in [-0.39, 0.29) is 0 Å². The third-order valence-electron chi connectivity index (χ3n) is 3.05. The molecule has 4 N–H and O–H groups in total. The summed E-state index contributed by atoms with van der Waals surface area (Å²) in [6, 6.07) is 7.67. The fourth-order valence-electron chi connectivity index (χ4n) is 1.82. The summed E-state index contributed by atoms with van der Waals surface area (Å²) in [5, 5.41) is 13.5. The lowest BCUT2D eigenvalue weighted by atomic mass is 10.1. The Kier molecular flexibility index (Phi) is 5.82. The van der Waals surface area contributed by atoms with Gasteiger partial charge in [0.05, 0.1) is 0 Å². The van der Waals surface area contributed by atoms with Gasteiger partial charge in [0, 0.05) is 6.54 Å². The molecule has 0 amide bonds. The molecular weight excluding hydrogens is 271 g/mol. The molecule has 20 heavy (non-hydrogen) atoms. The number of alkyl halides is 3. The van der Waals surface area contributed by atoms with E-state index in [9.17, 15) is 13.2 Å².